The normalized spacial score (nSPS) is 12.4. The van der Waals surface area contributed by atoms with Crippen LogP contribution >= 0.6 is 0 Å². The van der Waals surface area contributed by atoms with Crippen molar-refractivity contribution in [2.45, 2.75) is 33.2 Å². The minimum Gasteiger partial charge on any atom is -0.271 e. The maximum absolute atomic E-state index is 13.3. The molecule has 1 heterocycles. The van der Waals surface area contributed by atoms with E-state index in [0.717, 1.165) is 34.5 Å². The zero-order chi connectivity index (χ0) is 14.7. The topological polar surface area (TPSA) is 63.8 Å². The van der Waals surface area contributed by atoms with E-state index in [1.165, 1.54) is 12.1 Å². The van der Waals surface area contributed by atoms with E-state index in [9.17, 15) is 4.39 Å². The fourth-order valence-corrected chi connectivity index (χ4v) is 2.37. The molecule has 1 aromatic carbocycles. The van der Waals surface area contributed by atoms with Gasteiger partial charge in [0.2, 0.25) is 0 Å². The first-order valence-corrected chi connectivity index (χ1v) is 6.62. The molecule has 0 fully saturated rings. The van der Waals surface area contributed by atoms with Crippen molar-refractivity contribution >= 4 is 0 Å². The smallest absolute Gasteiger partial charge is 0.123 e. The summed E-state index contributed by atoms with van der Waals surface area (Å²) in [5, 5.41) is 8.30. The number of hydrazine groups is 1. The van der Waals surface area contributed by atoms with Gasteiger partial charge in [0.15, 0.2) is 0 Å². The molecule has 0 spiro atoms. The lowest BCUT2D eigenvalue weighted by atomic mass is 9.93. The molecular weight excluding hydrogens is 255 g/mol. The zero-order valence-electron chi connectivity index (χ0n) is 11.9. The van der Waals surface area contributed by atoms with Gasteiger partial charge in [-0.15, -0.1) is 0 Å². The summed E-state index contributed by atoms with van der Waals surface area (Å²) >= 11 is 0. The Balaban J connectivity index is 2.54. The second-order valence-electron chi connectivity index (χ2n) is 4.84. The zero-order valence-corrected chi connectivity index (χ0v) is 11.9. The quantitative estimate of drug-likeness (QED) is 0.663. The standard InChI is InChI=1S/C15H19FN4/c1-4-14-13(8-10(3)19-20-14)15(18-17)12-6-5-11(16)7-9(12)2/h5-8,15,18H,4,17H2,1-3H3. The molecule has 4 nitrogen and oxygen atoms in total. The van der Waals surface area contributed by atoms with E-state index in [2.05, 4.69) is 15.6 Å². The average molecular weight is 274 g/mol. The van der Waals surface area contributed by atoms with Gasteiger partial charge in [-0.3, -0.25) is 5.84 Å². The minimum absolute atomic E-state index is 0.222. The number of hydrogen-bond donors (Lipinski definition) is 2. The molecule has 1 aromatic heterocycles. The third kappa shape index (κ3) is 2.84. The fraction of sp³-hybridized carbons (Fsp3) is 0.333. The Morgan fingerprint density at radius 2 is 1.95 bits per heavy atom. The molecule has 0 aliphatic heterocycles. The average Bonchev–Trinajstić information content (AvgIpc) is 2.42. The maximum atomic E-state index is 13.3. The van der Waals surface area contributed by atoms with Gasteiger partial charge in [0.05, 0.1) is 17.4 Å². The van der Waals surface area contributed by atoms with Crippen molar-refractivity contribution in [2.75, 3.05) is 0 Å². The van der Waals surface area contributed by atoms with E-state index >= 15 is 0 Å². The highest BCUT2D eigenvalue weighted by atomic mass is 19.1. The van der Waals surface area contributed by atoms with Crippen LogP contribution in [0.15, 0.2) is 24.3 Å². The molecule has 0 radical (unpaired) electrons. The second-order valence-corrected chi connectivity index (χ2v) is 4.84. The van der Waals surface area contributed by atoms with E-state index in [-0.39, 0.29) is 11.9 Å². The summed E-state index contributed by atoms with van der Waals surface area (Å²) in [6.07, 6.45) is 0.765. The molecule has 1 atom stereocenters. The summed E-state index contributed by atoms with van der Waals surface area (Å²) < 4.78 is 13.3. The number of hydrogen-bond acceptors (Lipinski definition) is 4. The molecule has 20 heavy (non-hydrogen) atoms. The lowest BCUT2D eigenvalue weighted by Crippen LogP contribution is -2.30. The number of halogens is 1. The lowest BCUT2D eigenvalue weighted by molar-refractivity contribution is 0.605. The summed E-state index contributed by atoms with van der Waals surface area (Å²) in [5.41, 5.74) is 7.30. The lowest BCUT2D eigenvalue weighted by Gasteiger charge is -2.21. The Morgan fingerprint density at radius 1 is 1.20 bits per heavy atom. The number of benzene rings is 1. The van der Waals surface area contributed by atoms with Gasteiger partial charge >= 0.3 is 0 Å². The Morgan fingerprint density at radius 3 is 2.55 bits per heavy atom. The highest BCUT2D eigenvalue weighted by molar-refractivity contribution is 5.39. The summed E-state index contributed by atoms with van der Waals surface area (Å²) in [7, 11) is 0. The van der Waals surface area contributed by atoms with Gasteiger partial charge in [0.1, 0.15) is 5.82 Å². The number of nitrogens with two attached hydrogens (primary N) is 1. The van der Waals surface area contributed by atoms with Crippen LogP contribution in [0.4, 0.5) is 4.39 Å². The number of nitrogens with one attached hydrogen (secondary N) is 1. The third-order valence-electron chi connectivity index (χ3n) is 3.38. The Bertz CT molecular complexity index is 613. The highest BCUT2D eigenvalue weighted by Crippen LogP contribution is 2.27. The molecule has 0 aliphatic rings. The fourth-order valence-electron chi connectivity index (χ4n) is 2.37. The van der Waals surface area contributed by atoms with Crippen molar-refractivity contribution in [3.8, 4) is 0 Å². The molecule has 106 valence electrons. The van der Waals surface area contributed by atoms with Crippen LogP contribution in [0, 0.1) is 19.7 Å². The molecule has 2 rings (SSSR count). The minimum atomic E-state index is -0.248. The van der Waals surface area contributed by atoms with E-state index in [1.807, 2.05) is 26.8 Å². The molecule has 3 N–H and O–H groups in total. The van der Waals surface area contributed by atoms with Crippen LogP contribution in [-0.2, 0) is 6.42 Å². The van der Waals surface area contributed by atoms with Gasteiger partial charge in [-0.05, 0) is 49.6 Å². The van der Waals surface area contributed by atoms with E-state index in [4.69, 9.17) is 5.84 Å². The molecule has 0 amide bonds. The number of nitrogens with zero attached hydrogens (tertiary/aromatic N) is 2. The number of aryl methyl sites for hydroxylation is 3. The van der Waals surface area contributed by atoms with Crippen molar-refractivity contribution in [1.29, 1.82) is 0 Å². The van der Waals surface area contributed by atoms with Crippen LogP contribution in [0.3, 0.4) is 0 Å². The first-order valence-electron chi connectivity index (χ1n) is 6.62. The van der Waals surface area contributed by atoms with E-state index < -0.39 is 0 Å². The Labute approximate surface area is 118 Å². The molecule has 0 aliphatic carbocycles. The van der Waals surface area contributed by atoms with Crippen molar-refractivity contribution < 1.29 is 4.39 Å². The summed E-state index contributed by atoms with van der Waals surface area (Å²) in [6, 6.07) is 6.45. The van der Waals surface area contributed by atoms with Crippen molar-refractivity contribution in [2.24, 2.45) is 5.84 Å². The number of aromatic nitrogens is 2. The SMILES string of the molecule is CCc1nnc(C)cc1C(NN)c1ccc(F)cc1C. The monoisotopic (exact) mass is 274 g/mol. The molecule has 0 saturated carbocycles. The van der Waals surface area contributed by atoms with Gasteiger partial charge in [-0.1, -0.05) is 13.0 Å². The maximum Gasteiger partial charge on any atom is 0.123 e. The molecule has 5 heteroatoms. The largest absolute Gasteiger partial charge is 0.271 e. The highest BCUT2D eigenvalue weighted by Gasteiger charge is 2.19. The van der Waals surface area contributed by atoms with Gasteiger partial charge in [0, 0.05) is 5.56 Å². The molecule has 0 saturated heterocycles. The second kappa shape index (κ2) is 6.07. The summed E-state index contributed by atoms with van der Waals surface area (Å²) in [6.45, 7) is 5.78. The summed E-state index contributed by atoms with van der Waals surface area (Å²) in [4.78, 5) is 0. The van der Waals surface area contributed by atoms with E-state index in [1.54, 1.807) is 6.07 Å². The van der Waals surface area contributed by atoms with Crippen LogP contribution < -0.4 is 11.3 Å². The van der Waals surface area contributed by atoms with Gasteiger partial charge in [-0.25, -0.2) is 9.82 Å². The molecular formula is C15H19FN4. The van der Waals surface area contributed by atoms with Crippen molar-refractivity contribution in [3.05, 3.63) is 58.2 Å². The van der Waals surface area contributed by atoms with Crippen LogP contribution in [0.1, 0.15) is 41.0 Å². The van der Waals surface area contributed by atoms with E-state index in [0.29, 0.717) is 0 Å². The molecule has 0 bridgehead atoms. The van der Waals surface area contributed by atoms with Crippen LogP contribution in [0.5, 0.6) is 0 Å². The predicted octanol–water partition coefficient (Wildman–Crippen LogP) is 2.35. The number of rotatable bonds is 4. The first kappa shape index (κ1) is 14.6. The molecule has 2 aromatic rings. The van der Waals surface area contributed by atoms with Gasteiger partial charge in [-0.2, -0.15) is 10.2 Å². The van der Waals surface area contributed by atoms with Crippen LogP contribution in [-0.4, -0.2) is 10.2 Å². The first-order chi connectivity index (χ1) is 9.56. The van der Waals surface area contributed by atoms with Crippen LogP contribution in [0.2, 0.25) is 0 Å². The van der Waals surface area contributed by atoms with Crippen LogP contribution in [0.25, 0.3) is 0 Å². The van der Waals surface area contributed by atoms with Gasteiger partial charge < -0.3 is 0 Å². The predicted molar refractivity (Wildman–Crippen MR) is 76.5 cm³/mol. The Kier molecular flexibility index (Phi) is 4.42. The molecule has 1 unspecified atom stereocenters. The summed E-state index contributed by atoms with van der Waals surface area (Å²) in [5.74, 6) is 5.48. The van der Waals surface area contributed by atoms with Crippen molar-refractivity contribution in [1.82, 2.24) is 15.6 Å². The third-order valence-corrected chi connectivity index (χ3v) is 3.38. The van der Waals surface area contributed by atoms with Gasteiger partial charge in [0.25, 0.3) is 0 Å². The van der Waals surface area contributed by atoms with Crippen molar-refractivity contribution in [3.63, 3.8) is 0 Å². The Hall–Kier alpha value is -1.85.